The summed E-state index contributed by atoms with van der Waals surface area (Å²) in [5.41, 5.74) is 3.37. The lowest BCUT2D eigenvalue weighted by Crippen LogP contribution is -2.64. The van der Waals surface area contributed by atoms with Crippen molar-refractivity contribution in [3.63, 3.8) is 0 Å². The molecule has 1 aromatic rings. The average Bonchev–Trinajstić information content (AvgIpc) is 3.41. The van der Waals surface area contributed by atoms with Gasteiger partial charge in [0.05, 0.1) is 12.5 Å². The molecule has 144 valence electrons. The van der Waals surface area contributed by atoms with Gasteiger partial charge < -0.3 is 15.0 Å². The Morgan fingerprint density at radius 3 is 2.59 bits per heavy atom. The summed E-state index contributed by atoms with van der Waals surface area (Å²) >= 11 is 0. The Morgan fingerprint density at radius 2 is 1.85 bits per heavy atom. The van der Waals surface area contributed by atoms with Crippen molar-refractivity contribution in [3.8, 4) is 0 Å². The minimum absolute atomic E-state index is 0.0960. The van der Waals surface area contributed by atoms with Gasteiger partial charge in [-0.15, -0.1) is 0 Å². The summed E-state index contributed by atoms with van der Waals surface area (Å²) in [6.07, 6.45) is 6.27. The smallest absolute Gasteiger partial charge is 0.407 e. The molecule has 1 N–H and O–H groups in total. The second-order valence-corrected chi connectivity index (χ2v) is 9.10. The van der Waals surface area contributed by atoms with Gasteiger partial charge in [-0.05, 0) is 61.5 Å². The molecule has 5 heteroatoms. The fourth-order valence-corrected chi connectivity index (χ4v) is 5.21. The molecular weight excluding hydrogens is 340 g/mol. The fourth-order valence-electron chi connectivity index (χ4n) is 5.21. The molecule has 27 heavy (non-hydrogen) atoms. The van der Waals surface area contributed by atoms with Crippen LogP contribution in [0.3, 0.4) is 0 Å². The molecule has 5 nitrogen and oxygen atoms in total. The average molecular weight is 368 g/mol. The largest absolute Gasteiger partial charge is 0.450 e. The maximum Gasteiger partial charge on any atom is 0.407 e. The molecule has 2 aliphatic heterocycles. The zero-order valence-corrected chi connectivity index (χ0v) is 15.8. The predicted molar refractivity (Wildman–Crippen MR) is 101 cm³/mol. The Hall–Kier alpha value is -2.04. The molecule has 0 unspecified atom stereocenters. The van der Waals surface area contributed by atoms with Crippen LogP contribution < -0.4 is 5.32 Å². The normalized spacial score (nSPS) is 27.6. The lowest BCUT2D eigenvalue weighted by molar-refractivity contribution is -0.156. The van der Waals surface area contributed by atoms with Crippen molar-refractivity contribution in [1.82, 2.24) is 10.2 Å². The van der Waals surface area contributed by atoms with Crippen LogP contribution in [0.4, 0.5) is 4.79 Å². The molecule has 1 aromatic carbocycles. The Bertz CT molecular complexity index is 744. The highest BCUT2D eigenvalue weighted by atomic mass is 16.5. The van der Waals surface area contributed by atoms with Crippen LogP contribution in [0.2, 0.25) is 0 Å². The van der Waals surface area contributed by atoms with Gasteiger partial charge in [-0.25, -0.2) is 4.79 Å². The number of carbonyl (C=O) groups is 2. The van der Waals surface area contributed by atoms with Crippen LogP contribution in [-0.2, 0) is 9.53 Å². The second kappa shape index (κ2) is 6.54. The van der Waals surface area contributed by atoms with Gasteiger partial charge in [-0.3, -0.25) is 4.79 Å². The van der Waals surface area contributed by atoms with Crippen LogP contribution in [0.15, 0.2) is 24.3 Å². The maximum atomic E-state index is 12.8. The Kier molecular flexibility index (Phi) is 4.14. The van der Waals surface area contributed by atoms with E-state index < -0.39 is 6.09 Å². The van der Waals surface area contributed by atoms with Gasteiger partial charge >= 0.3 is 6.09 Å². The number of benzene rings is 1. The lowest BCUT2D eigenvalue weighted by Gasteiger charge is -2.59. The molecule has 2 saturated carbocycles. The highest BCUT2D eigenvalue weighted by Gasteiger charge is 2.54. The lowest BCUT2D eigenvalue weighted by atomic mass is 9.56. The maximum absolute atomic E-state index is 12.8. The third kappa shape index (κ3) is 3.32. The summed E-state index contributed by atoms with van der Waals surface area (Å²) in [6.45, 7) is 2.59. The first kappa shape index (κ1) is 17.1. The van der Waals surface area contributed by atoms with Crippen LogP contribution in [0.5, 0.6) is 0 Å². The molecule has 2 aliphatic carbocycles. The fraction of sp³-hybridized carbons (Fsp3) is 0.636. The third-order valence-corrected chi connectivity index (χ3v) is 6.93. The van der Waals surface area contributed by atoms with Gasteiger partial charge in [0.2, 0.25) is 5.91 Å². The van der Waals surface area contributed by atoms with Crippen molar-refractivity contribution in [3.05, 3.63) is 35.4 Å². The summed E-state index contributed by atoms with van der Waals surface area (Å²) in [6, 6.07) is 9.20. The van der Waals surface area contributed by atoms with Crippen molar-refractivity contribution in [1.29, 1.82) is 0 Å². The number of hydrogen-bond acceptors (Lipinski definition) is 3. The SMILES string of the molecule is O=C1NC[C@H](C(=O)N2CC3(CC(c4cccc(C5CC5)c4)C3)C2)CCCO1. The second-order valence-electron chi connectivity index (χ2n) is 9.10. The van der Waals surface area contributed by atoms with Crippen LogP contribution >= 0.6 is 0 Å². The number of rotatable bonds is 3. The molecule has 4 aliphatic rings. The van der Waals surface area contributed by atoms with E-state index >= 15 is 0 Å². The third-order valence-electron chi connectivity index (χ3n) is 6.93. The molecule has 2 heterocycles. The number of likely N-dealkylation sites (tertiary alicyclic amines) is 1. The quantitative estimate of drug-likeness (QED) is 0.889. The van der Waals surface area contributed by atoms with Crippen LogP contribution in [-0.4, -0.2) is 43.1 Å². The summed E-state index contributed by atoms with van der Waals surface area (Å²) in [5, 5.41) is 2.71. The van der Waals surface area contributed by atoms with E-state index in [1.807, 2.05) is 4.90 Å². The van der Waals surface area contributed by atoms with E-state index in [9.17, 15) is 9.59 Å². The number of hydrogen-bond donors (Lipinski definition) is 1. The van der Waals surface area contributed by atoms with Gasteiger partial charge in [-0.2, -0.15) is 0 Å². The Balaban J connectivity index is 1.14. The molecule has 2 amide bonds. The molecular formula is C22H28N2O3. The summed E-state index contributed by atoms with van der Waals surface area (Å²) in [4.78, 5) is 26.2. The topological polar surface area (TPSA) is 58.6 Å². The summed E-state index contributed by atoms with van der Waals surface area (Å²) in [7, 11) is 0. The van der Waals surface area contributed by atoms with E-state index in [0.717, 1.165) is 31.8 Å². The van der Waals surface area contributed by atoms with Gasteiger partial charge in [0.25, 0.3) is 0 Å². The Labute approximate surface area is 160 Å². The first-order chi connectivity index (χ1) is 13.1. The molecule has 2 saturated heterocycles. The molecule has 0 aromatic heterocycles. The van der Waals surface area contributed by atoms with Crippen molar-refractivity contribution in [2.45, 2.75) is 50.4 Å². The molecule has 5 rings (SSSR count). The van der Waals surface area contributed by atoms with Crippen LogP contribution in [0, 0.1) is 11.3 Å². The van der Waals surface area contributed by atoms with Crippen LogP contribution in [0.25, 0.3) is 0 Å². The number of alkyl carbamates (subject to hydrolysis) is 1. The van der Waals surface area contributed by atoms with Crippen molar-refractivity contribution in [2.75, 3.05) is 26.2 Å². The minimum atomic E-state index is -0.400. The first-order valence-electron chi connectivity index (χ1n) is 10.4. The number of amides is 2. The number of ether oxygens (including phenoxy) is 1. The van der Waals surface area contributed by atoms with Crippen molar-refractivity contribution < 1.29 is 14.3 Å². The summed E-state index contributed by atoms with van der Waals surface area (Å²) in [5.74, 6) is 1.59. The molecule has 0 radical (unpaired) electrons. The molecule has 1 atom stereocenters. The van der Waals surface area contributed by atoms with Crippen molar-refractivity contribution in [2.24, 2.45) is 11.3 Å². The predicted octanol–water partition coefficient (Wildman–Crippen LogP) is 3.41. The van der Waals surface area contributed by atoms with E-state index in [4.69, 9.17) is 4.74 Å². The van der Waals surface area contributed by atoms with E-state index in [-0.39, 0.29) is 11.8 Å². The Morgan fingerprint density at radius 1 is 1.11 bits per heavy atom. The van der Waals surface area contributed by atoms with Gasteiger partial charge in [0.15, 0.2) is 0 Å². The van der Waals surface area contributed by atoms with Crippen LogP contribution in [0.1, 0.15) is 61.5 Å². The standard InChI is InChI=1S/C22H28N2O3/c25-20(18-5-2-8-27-21(26)23-12-18)24-13-22(14-24)10-19(11-22)17-4-1-3-16(9-17)15-6-7-15/h1,3-4,9,15,18-19H,2,5-8,10-14H2,(H,23,26)/t18-/m1/s1. The zero-order chi connectivity index (χ0) is 18.4. The van der Waals surface area contributed by atoms with Gasteiger partial charge in [-0.1, -0.05) is 24.3 Å². The van der Waals surface area contributed by atoms with E-state index in [1.165, 1.54) is 36.8 Å². The van der Waals surface area contributed by atoms with E-state index in [1.54, 1.807) is 0 Å². The van der Waals surface area contributed by atoms with E-state index in [0.29, 0.717) is 24.5 Å². The number of cyclic esters (lactones) is 1. The first-order valence-corrected chi connectivity index (χ1v) is 10.4. The highest BCUT2D eigenvalue weighted by molar-refractivity contribution is 5.81. The van der Waals surface area contributed by atoms with Gasteiger partial charge in [0.1, 0.15) is 0 Å². The number of nitrogens with zero attached hydrogens (tertiary/aromatic N) is 1. The van der Waals surface area contributed by atoms with Gasteiger partial charge in [0, 0.05) is 25.0 Å². The van der Waals surface area contributed by atoms with E-state index in [2.05, 4.69) is 29.6 Å². The number of carbonyl (C=O) groups excluding carboxylic acids is 2. The van der Waals surface area contributed by atoms with Crippen molar-refractivity contribution >= 4 is 12.0 Å². The molecule has 0 bridgehead atoms. The highest BCUT2D eigenvalue weighted by Crippen LogP contribution is 2.56. The monoisotopic (exact) mass is 368 g/mol. The molecule has 1 spiro atoms. The zero-order valence-electron chi connectivity index (χ0n) is 15.8. The summed E-state index contributed by atoms with van der Waals surface area (Å²) < 4.78 is 4.98. The molecule has 4 fully saturated rings. The number of nitrogens with one attached hydrogen (secondary N) is 1. The minimum Gasteiger partial charge on any atom is -0.450 e.